The van der Waals surface area contributed by atoms with Crippen molar-refractivity contribution in [3.63, 3.8) is 0 Å². The molecule has 0 saturated carbocycles. The topological polar surface area (TPSA) is 285 Å². The summed E-state index contributed by atoms with van der Waals surface area (Å²) in [6, 6.07) is 3.30. The third kappa shape index (κ3) is 15.7. The van der Waals surface area contributed by atoms with Crippen LogP contribution in [0.15, 0.2) is 72.9 Å². The van der Waals surface area contributed by atoms with E-state index in [1.807, 2.05) is 27.7 Å². The molecule has 2 atom stereocenters. The first-order chi connectivity index (χ1) is 43.2. The maximum atomic E-state index is 15.0. The molecule has 2 aliphatic rings. The number of carbonyl (C=O) groups excluding carboxylic acids is 12. The van der Waals surface area contributed by atoms with E-state index in [0.717, 1.165) is 9.80 Å². The van der Waals surface area contributed by atoms with Gasteiger partial charge in [-0.2, -0.15) is 0 Å². The fourth-order valence-corrected chi connectivity index (χ4v) is 11.8. The number of carbonyl (C=O) groups is 12. The van der Waals surface area contributed by atoms with Crippen molar-refractivity contribution in [1.82, 2.24) is 9.80 Å². The minimum absolute atomic E-state index is 0.0353. The normalized spacial score (nSPS) is 13.5. The molecular formula is C66H66Cl4N2O20. The van der Waals surface area contributed by atoms with Gasteiger partial charge in [0.1, 0.15) is 39.6 Å². The number of amides is 4. The lowest BCUT2D eigenvalue weighted by molar-refractivity contribution is -0.165. The summed E-state index contributed by atoms with van der Waals surface area (Å²) in [4.78, 5) is 163. The summed E-state index contributed by atoms with van der Waals surface area (Å²) in [5.41, 5.74) is 0.107. The Morgan fingerprint density at radius 1 is 0.370 bits per heavy atom. The summed E-state index contributed by atoms with van der Waals surface area (Å²) in [5, 5.41) is 1.34. The molecule has 488 valence electrons. The predicted octanol–water partition coefficient (Wildman–Crippen LogP) is 11.3. The van der Waals surface area contributed by atoms with Crippen LogP contribution in [0.25, 0.3) is 43.1 Å². The molecule has 0 N–H and O–H groups in total. The van der Waals surface area contributed by atoms with Crippen LogP contribution in [0.4, 0.5) is 0 Å². The van der Waals surface area contributed by atoms with E-state index in [0.29, 0.717) is 0 Å². The molecule has 0 aliphatic carbocycles. The van der Waals surface area contributed by atoms with E-state index in [4.69, 9.17) is 84.3 Å². The second-order valence-corrected chi connectivity index (χ2v) is 24.9. The molecule has 2 aliphatic heterocycles. The van der Waals surface area contributed by atoms with Gasteiger partial charge in [-0.1, -0.05) is 100 Å². The zero-order chi connectivity index (χ0) is 68.1. The van der Waals surface area contributed by atoms with Gasteiger partial charge in [0.2, 0.25) is 0 Å². The molecule has 0 fully saturated rings. The van der Waals surface area contributed by atoms with Crippen LogP contribution in [0.1, 0.15) is 135 Å². The highest BCUT2D eigenvalue weighted by Gasteiger charge is 2.44. The SMILES string of the molecule is C=C(C)C(=O)OCC(COC(=O)C(=C)C)OC(=O)CCC(=O)OCC(CC(C)C)N1C(=O)c2cc(Cl)c3c4c(Cl)cc5c6c(cc(Cl)c(c7c(Cl)cc(c2c37)C1=O)c64)C(=O)N(C(COC(=O)CCC(=O)OC(COC(=O)C(=C)C)COC(=O)C(=C)C)CC(C)C)C5=O. The van der Waals surface area contributed by atoms with Crippen molar-refractivity contribution >= 4 is 161 Å². The molecule has 2 unspecified atom stereocenters. The minimum atomic E-state index is -1.26. The number of imide groups is 2. The lowest BCUT2D eigenvalue weighted by Gasteiger charge is -2.36. The van der Waals surface area contributed by atoms with E-state index in [1.165, 1.54) is 52.0 Å². The largest absolute Gasteiger partial charge is 0.463 e. The lowest BCUT2D eigenvalue weighted by Crippen LogP contribution is -2.50. The summed E-state index contributed by atoms with van der Waals surface area (Å²) >= 11 is 29.1. The van der Waals surface area contributed by atoms with Crippen molar-refractivity contribution in [2.24, 2.45) is 11.8 Å². The van der Waals surface area contributed by atoms with E-state index in [1.54, 1.807) is 0 Å². The fraction of sp³-hybridized carbons (Fsp3) is 0.394. The highest BCUT2D eigenvalue weighted by molar-refractivity contribution is 6.56. The van der Waals surface area contributed by atoms with Crippen LogP contribution in [0.3, 0.4) is 0 Å². The number of benzene rings is 5. The van der Waals surface area contributed by atoms with Crippen molar-refractivity contribution in [2.45, 2.75) is 118 Å². The van der Waals surface area contributed by atoms with Gasteiger partial charge in [0.15, 0.2) is 12.2 Å². The first-order valence-corrected chi connectivity index (χ1v) is 30.5. The monoisotopic (exact) mass is 1350 g/mol. The first kappa shape index (κ1) is 71.0. The highest BCUT2D eigenvalue weighted by atomic mass is 35.5. The van der Waals surface area contributed by atoms with E-state index >= 15 is 0 Å². The smallest absolute Gasteiger partial charge is 0.333 e. The van der Waals surface area contributed by atoms with Crippen LogP contribution in [0, 0.1) is 11.8 Å². The van der Waals surface area contributed by atoms with Crippen molar-refractivity contribution in [3.8, 4) is 0 Å². The minimum Gasteiger partial charge on any atom is -0.463 e. The van der Waals surface area contributed by atoms with Crippen molar-refractivity contribution < 1.29 is 95.4 Å². The summed E-state index contributed by atoms with van der Waals surface area (Å²) in [7, 11) is 0. The van der Waals surface area contributed by atoms with Crippen molar-refractivity contribution in [1.29, 1.82) is 0 Å². The number of nitrogens with zero attached hydrogens (tertiary/aromatic N) is 2. The number of hydrogen-bond donors (Lipinski definition) is 0. The van der Waals surface area contributed by atoms with E-state index in [-0.39, 0.29) is 132 Å². The first-order valence-electron chi connectivity index (χ1n) is 29.0. The number of halogens is 4. The molecule has 4 amide bonds. The van der Waals surface area contributed by atoms with Gasteiger partial charge in [0.25, 0.3) is 23.6 Å². The van der Waals surface area contributed by atoms with Crippen LogP contribution in [-0.4, -0.2) is 145 Å². The van der Waals surface area contributed by atoms with Gasteiger partial charge in [-0.05, 0) is 76.6 Å². The standard InChI is InChI=1S/C66H66Cl4N2O20/c1-29(2)17-35(23-85-47(73)13-15-49(75)91-37(25-87-63(81)31(5)6)26-88-64(82)32(7)8)71-59(77)39-19-43(67)53-55-45(69)21-41-52-42(22-46(70)56(58(52)55)54-44(68)20-40(60(71)78)51(39)57(53)54)62(80)72(61(41)79)36(18-30(3)4)24-86-48(74)14-16-50(76)92-38(27-89-65(83)33(9)10)28-90-66(84)34(11)12/h19-22,29-30,35-38H,5,7,9,11,13-18,23-28H2,1-4,6,8,10,12H3. The van der Waals surface area contributed by atoms with Crippen LogP contribution >= 0.6 is 46.4 Å². The van der Waals surface area contributed by atoms with Gasteiger partial charge >= 0.3 is 47.8 Å². The maximum Gasteiger partial charge on any atom is 0.333 e. The maximum absolute atomic E-state index is 15.0. The Morgan fingerprint density at radius 3 is 0.837 bits per heavy atom. The van der Waals surface area contributed by atoms with Crippen molar-refractivity contribution in [3.05, 3.63) is 115 Å². The molecule has 0 saturated heterocycles. The lowest BCUT2D eigenvalue weighted by atomic mass is 9.81. The molecule has 5 aromatic rings. The molecule has 0 aromatic heterocycles. The second kappa shape index (κ2) is 29.9. The molecule has 0 radical (unpaired) electrons. The summed E-state index contributed by atoms with van der Waals surface area (Å²) in [6.45, 7) is 23.9. The van der Waals surface area contributed by atoms with Gasteiger partial charge in [-0.15, -0.1) is 0 Å². The predicted molar refractivity (Wildman–Crippen MR) is 338 cm³/mol. The van der Waals surface area contributed by atoms with Crippen LogP contribution in [-0.2, 0) is 76.3 Å². The number of hydrogen-bond acceptors (Lipinski definition) is 20. The molecule has 5 aromatic carbocycles. The molecule has 0 spiro atoms. The zero-order valence-electron chi connectivity index (χ0n) is 51.7. The Hall–Kier alpha value is -8.44. The quantitative estimate of drug-likeness (QED) is 0.0103. The fourth-order valence-electron chi connectivity index (χ4n) is 10.6. The number of fused-ring (bicyclic) bond motifs is 2. The van der Waals surface area contributed by atoms with Gasteiger partial charge in [0, 0.05) is 85.5 Å². The summed E-state index contributed by atoms with van der Waals surface area (Å²) < 4.78 is 42.3. The van der Waals surface area contributed by atoms with Gasteiger partial charge in [0.05, 0.1) is 60.0 Å². The summed E-state index contributed by atoms with van der Waals surface area (Å²) in [6.07, 6.45) is -4.35. The third-order valence-corrected chi connectivity index (χ3v) is 15.9. The molecule has 7 rings (SSSR count). The van der Waals surface area contributed by atoms with E-state index < -0.39 is 161 Å². The van der Waals surface area contributed by atoms with Gasteiger partial charge < -0.3 is 37.9 Å². The third-order valence-electron chi connectivity index (χ3n) is 14.7. The van der Waals surface area contributed by atoms with E-state index in [2.05, 4.69) is 26.3 Å². The van der Waals surface area contributed by atoms with Crippen LogP contribution in [0.5, 0.6) is 0 Å². The van der Waals surface area contributed by atoms with Crippen molar-refractivity contribution in [2.75, 3.05) is 39.6 Å². The molecule has 26 heteroatoms. The Bertz CT molecular complexity index is 3550. The Morgan fingerprint density at radius 2 is 0.609 bits per heavy atom. The average molecular weight is 1350 g/mol. The molecule has 92 heavy (non-hydrogen) atoms. The number of rotatable bonds is 30. The van der Waals surface area contributed by atoms with E-state index in [9.17, 15) is 57.5 Å². The van der Waals surface area contributed by atoms with Crippen LogP contribution in [0.2, 0.25) is 20.1 Å². The van der Waals surface area contributed by atoms with Gasteiger partial charge in [-0.25, -0.2) is 19.2 Å². The highest BCUT2D eigenvalue weighted by Crippen LogP contribution is 2.54. The van der Waals surface area contributed by atoms with Crippen LogP contribution < -0.4 is 0 Å². The Balaban J connectivity index is 1.14. The summed E-state index contributed by atoms with van der Waals surface area (Å²) in [5.74, 6) is -10.4. The Labute approximate surface area is 548 Å². The zero-order valence-corrected chi connectivity index (χ0v) is 54.7. The number of ether oxygens (including phenoxy) is 8. The molecule has 22 nitrogen and oxygen atoms in total. The molecular weight excluding hydrogens is 1280 g/mol. The second-order valence-electron chi connectivity index (χ2n) is 23.3. The molecule has 0 bridgehead atoms. The van der Waals surface area contributed by atoms with Gasteiger partial charge in [-0.3, -0.25) is 48.2 Å². The number of esters is 8. The molecule has 2 heterocycles. The Kier molecular flexibility index (Phi) is 23.1. The average Bonchev–Trinajstić information content (AvgIpc) is 0.678.